The first kappa shape index (κ1) is 8.64. The molecule has 2 unspecified atom stereocenters. The first-order valence-electron chi connectivity index (χ1n) is 5.49. The van der Waals surface area contributed by atoms with Crippen LogP contribution in [-0.2, 0) is 4.52 Å². The third-order valence-electron chi connectivity index (χ3n) is 4.03. The average molecular weight is 199 g/mol. The van der Waals surface area contributed by atoms with Crippen molar-refractivity contribution in [1.82, 2.24) is 4.67 Å². The van der Waals surface area contributed by atoms with Gasteiger partial charge in [0.2, 0.25) is 0 Å². The highest BCUT2D eigenvalue weighted by molar-refractivity contribution is 7.49. The molecular formula is C10H18NOP. The van der Waals surface area contributed by atoms with Crippen LogP contribution in [0.5, 0.6) is 0 Å². The summed E-state index contributed by atoms with van der Waals surface area (Å²) in [6.07, 6.45) is 5.83. The topological polar surface area (TPSA) is 12.5 Å². The zero-order valence-corrected chi connectivity index (χ0v) is 9.17. The van der Waals surface area contributed by atoms with Crippen molar-refractivity contribution in [2.24, 2.45) is 11.8 Å². The molecule has 2 bridgehead atoms. The number of nitrogens with zero attached hydrogens (tertiary/aromatic N) is 1. The molecule has 0 spiro atoms. The fourth-order valence-corrected chi connectivity index (χ4v) is 5.05. The van der Waals surface area contributed by atoms with Crippen molar-refractivity contribution in [3.63, 3.8) is 0 Å². The van der Waals surface area contributed by atoms with Crippen LogP contribution in [0.2, 0.25) is 0 Å². The fourth-order valence-electron chi connectivity index (χ4n) is 3.35. The SMILES string of the molecule is CP1OC[C@@H]2CN1[C@@H]1CCCC[C@H]21. The number of fused-ring (bicyclic) bond motifs is 5. The van der Waals surface area contributed by atoms with Crippen LogP contribution >= 0.6 is 8.30 Å². The van der Waals surface area contributed by atoms with Crippen LogP contribution in [0.1, 0.15) is 25.7 Å². The maximum absolute atomic E-state index is 5.85. The normalized spacial score (nSPS) is 54.7. The van der Waals surface area contributed by atoms with Crippen LogP contribution in [-0.4, -0.2) is 30.5 Å². The van der Waals surface area contributed by atoms with Crippen molar-refractivity contribution in [3.8, 4) is 0 Å². The van der Waals surface area contributed by atoms with E-state index in [1.807, 2.05) is 0 Å². The van der Waals surface area contributed by atoms with E-state index in [0.29, 0.717) is 0 Å². The molecule has 2 nitrogen and oxygen atoms in total. The Kier molecular flexibility index (Phi) is 2.12. The van der Waals surface area contributed by atoms with Crippen LogP contribution in [0.3, 0.4) is 0 Å². The first-order chi connectivity index (χ1) is 6.36. The largest absolute Gasteiger partial charge is 0.343 e. The van der Waals surface area contributed by atoms with Gasteiger partial charge in [-0.3, -0.25) is 4.67 Å². The molecule has 2 heterocycles. The highest BCUT2D eigenvalue weighted by Gasteiger charge is 2.47. The Morgan fingerprint density at radius 2 is 2.15 bits per heavy atom. The third-order valence-corrected chi connectivity index (χ3v) is 5.73. The van der Waals surface area contributed by atoms with Gasteiger partial charge in [-0.1, -0.05) is 12.8 Å². The second-order valence-electron chi connectivity index (χ2n) is 4.66. The Morgan fingerprint density at radius 3 is 3.08 bits per heavy atom. The van der Waals surface area contributed by atoms with E-state index in [0.717, 1.165) is 24.5 Å². The molecule has 0 aromatic carbocycles. The molecule has 3 rings (SSSR count). The van der Waals surface area contributed by atoms with Gasteiger partial charge in [0.25, 0.3) is 0 Å². The van der Waals surface area contributed by atoms with Crippen molar-refractivity contribution in [3.05, 3.63) is 0 Å². The second kappa shape index (κ2) is 3.18. The van der Waals surface area contributed by atoms with Crippen LogP contribution in [0.4, 0.5) is 0 Å². The van der Waals surface area contributed by atoms with E-state index in [4.69, 9.17) is 4.52 Å². The molecule has 0 aromatic heterocycles. The fraction of sp³-hybridized carbons (Fsp3) is 1.00. The van der Waals surface area contributed by atoms with Crippen LogP contribution in [0, 0.1) is 11.8 Å². The molecule has 3 fully saturated rings. The standard InChI is InChI=1S/C10H18NOP/c1-13-11-6-8(7-12-13)9-4-2-3-5-10(9)11/h8-10H,2-7H2,1H3/t8-,9+,10+,13?/m0/s1. The Hall–Kier alpha value is 0.350. The lowest BCUT2D eigenvalue weighted by Gasteiger charge is -2.33. The van der Waals surface area contributed by atoms with Gasteiger partial charge in [0.1, 0.15) is 8.30 Å². The van der Waals surface area contributed by atoms with Gasteiger partial charge in [0.15, 0.2) is 0 Å². The summed E-state index contributed by atoms with van der Waals surface area (Å²) in [4.78, 5) is 0. The Morgan fingerprint density at radius 1 is 1.31 bits per heavy atom. The monoisotopic (exact) mass is 199 g/mol. The molecule has 2 saturated heterocycles. The van der Waals surface area contributed by atoms with Crippen molar-refractivity contribution < 1.29 is 4.52 Å². The van der Waals surface area contributed by atoms with E-state index in [1.165, 1.54) is 32.2 Å². The van der Waals surface area contributed by atoms with Crippen molar-refractivity contribution in [2.75, 3.05) is 19.8 Å². The third kappa shape index (κ3) is 1.26. The van der Waals surface area contributed by atoms with Gasteiger partial charge in [-0.25, -0.2) is 0 Å². The molecule has 0 amide bonds. The lowest BCUT2D eigenvalue weighted by Crippen LogP contribution is -2.30. The molecule has 0 radical (unpaired) electrons. The smallest absolute Gasteiger partial charge is 0.101 e. The second-order valence-corrected chi connectivity index (χ2v) is 6.36. The summed E-state index contributed by atoms with van der Waals surface area (Å²) < 4.78 is 8.52. The lowest BCUT2D eigenvalue weighted by molar-refractivity contribution is 0.208. The summed E-state index contributed by atoms with van der Waals surface area (Å²) in [5, 5.41) is 0. The van der Waals surface area contributed by atoms with Gasteiger partial charge in [0, 0.05) is 18.5 Å². The quantitative estimate of drug-likeness (QED) is 0.556. The van der Waals surface area contributed by atoms with E-state index in [-0.39, 0.29) is 8.30 Å². The number of hydrogen-bond donors (Lipinski definition) is 0. The number of hydrogen-bond acceptors (Lipinski definition) is 2. The van der Waals surface area contributed by atoms with E-state index in [2.05, 4.69) is 11.3 Å². The Balaban J connectivity index is 1.85. The maximum atomic E-state index is 5.85. The van der Waals surface area contributed by atoms with Crippen LogP contribution < -0.4 is 0 Å². The molecule has 1 saturated carbocycles. The highest BCUT2D eigenvalue weighted by atomic mass is 31.2. The molecule has 3 aliphatic rings. The molecule has 5 atom stereocenters. The summed E-state index contributed by atoms with van der Waals surface area (Å²) in [5.74, 6) is 1.87. The summed E-state index contributed by atoms with van der Waals surface area (Å²) in [6.45, 7) is 4.68. The Bertz CT molecular complexity index is 209. The average Bonchev–Trinajstić information content (AvgIpc) is 2.48. The zero-order valence-electron chi connectivity index (χ0n) is 8.28. The van der Waals surface area contributed by atoms with E-state index < -0.39 is 0 Å². The molecule has 13 heavy (non-hydrogen) atoms. The molecule has 0 N–H and O–H groups in total. The minimum Gasteiger partial charge on any atom is -0.343 e. The van der Waals surface area contributed by atoms with Crippen molar-refractivity contribution >= 4 is 8.30 Å². The highest BCUT2D eigenvalue weighted by Crippen LogP contribution is 2.55. The van der Waals surface area contributed by atoms with Crippen molar-refractivity contribution in [1.29, 1.82) is 0 Å². The van der Waals surface area contributed by atoms with Crippen molar-refractivity contribution in [2.45, 2.75) is 31.7 Å². The minimum atomic E-state index is -0.224. The van der Waals surface area contributed by atoms with Gasteiger partial charge < -0.3 is 4.52 Å². The lowest BCUT2D eigenvalue weighted by atomic mass is 9.80. The summed E-state index contributed by atoms with van der Waals surface area (Å²) >= 11 is 0. The molecule has 0 aromatic rings. The Labute approximate surface area is 81.5 Å². The summed E-state index contributed by atoms with van der Waals surface area (Å²) in [7, 11) is -0.224. The zero-order chi connectivity index (χ0) is 8.84. The van der Waals surface area contributed by atoms with Gasteiger partial charge >= 0.3 is 0 Å². The van der Waals surface area contributed by atoms with Gasteiger partial charge in [0.05, 0.1) is 6.61 Å². The number of rotatable bonds is 0. The van der Waals surface area contributed by atoms with Gasteiger partial charge in [-0.15, -0.1) is 0 Å². The molecule has 1 aliphatic carbocycles. The molecule has 74 valence electrons. The minimum absolute atomic E-state index is 0.224. The summed E-state index contributed by atoms with van der Waals surface area (Å²) in [6, 6.07) is 0.900. The van der Waals surface area contributed by atoms with E-state index in [1.54, 1.807) is 0 Å². The molecule has 2 aliphatic heterocycles. The maximum Gasteiger partial charge on any atom is 0.101 e. The molecule has 3 heteroatoms. The first-order valence-corrected chi connectivity index (χ1v) is 7.15. The van der Waals surface area contributed by atoms with Gasteiger partial charge in [-0.05, 0) is 25.4 Å². The van der Waals surface area contributed by atoms with Crippen LogP contribution in [0.25, 0.3) is 0 Å². The van der Waals surface area contributed by atoms with E-state index in [9.17, 15) is 0 Å². The molecular weight excluding hydrogens is 181 g/mol. The van der Waals surface area contributed by atoms with Gasteiger partial charge in [-0.2, -0.15) is 0 Å². The van der Waals surface area contributed by atoms with E-state index >= 15 is 0 Å². The van der Waals surface area contributed by atoms with Crippen LogP contribution in [0.15, 0.2) is 0 Å². The predicted octanol–water partition coefficient (Wildman–Crippen LogP) is 2.45. The predicted molar refractivity (Wildman–Crippen MR) is 54.7 cm³/mol. The summed E-state index contributed by atoms with van der Waals surface area (Å²) in [5.41, 5.74) is 0.